The number of nitrogen functional groups attached to an aromatic ring is 1. The lowest BCUT2D eigenvalue weighted by molar-refractivity contribution is -0.137. The lowest BCUT2D eigenvalue weighted by atomic mass is 9.84. The molecule has 30 heteroatoms. The maximum Gasteiger partial charge on any atom is 0.481 e. The number of aliphatic carboxylic acids is 1. The first kappa shape index (κ1) is 51.9. The van der Waals surface area contributed by atoms with E-state index in [1.165, 1.54) is 26.0 Å². The molecule has 1 fully saturated rings. The minimum Gasteiger partial charge on any atom is -0.478 e. The van der Waals surface area contributed by atoms with Crippen LogP contribution in [0, 0.1) is 10.8 Å². The van der Waals surface area contributed by atoms with E-state index in [4.69, 9.17) is 24.6 Å². The van der Waals surface area contributed by atoms with Crippen LogP contribution in [-0.2, 0) is 55.5 Å². The topological polar surface area (TPSA) is 401 Å². The summed E-state index contributed by atoms with van der Waals surface area (Å²) in [5.41, 5.74) is 4.15. The number of fused-ring (bicyclic) bond motifs is 1. The van der Waals surface area contributed by atoms with Crippen LogP contribution in [0.2, 0.25) is 0 Å². The molecule has 7 atom stereocenters. The first-order valence-corrected chi connectivity index (χ1v) is 23.2. The van der Waals surface area contributed by atoms with Crippen molar-refractivity contribution in [1.29, 1.82) is 0 Å². The van der Waals surface area contributed by atoms with Crippen molar-refractivity contribution in [1.82, 2.24) is 30.2 Å². The molecule has 1 aliphatic rings. The number of nitrogens with one attached hydrogen (secondary N) is 2. The molecule has 2 aromatic heterocycles. The predicted molar refractivity (Wildman–Crippen MR) is 211 cm³/mol. The molecule has 3 rings (SSSR count). The minimum absolute atomic E-state index is 0.0194. The summed E-state index contributed by atoms with van der Waals surface area (Å²) in [7, 11) is -16.5. The number of allylic oxidation sites excluding steroid dienone is 2. The number of carboxylic acid groups (broad SMARTS) is 1. The van der Waals surface area contributed by atoms with Gasteiger partial charge in [-0.05, 0) is 13.0 Å². The Hall–Kier alpha value is -3.49. The summed E-state index contributed by atoms with van der Waals surface area (Å²) < 4.78 is 62.2. The molecule has 61 heavy (non-hydrogen) atoms. The fraction of sp³-hybridized carbons (Fsp3) is 0.581. The van der Waals surface area contributed by atoms with E-state index < -0.39 is 95.9 Å². The number of aliphatic hydroxyl groups excluding tert-OH is 2. The third kappa shape index (κ3) is 16.0. The number of nitrogens with two attached hydrogens (primary N) is 1. The lowest BCUT2D eigenvalue weighted by Crippen LogP contribution is -2.46. The molecule has 11 N–H and O–H groups in total. The van der Waals surface area contributed by atoms with Crippen LogP contribution < -0.4 is 16.4 Å². The average molecular weight is 948 g/mol. The van der Waals surface area contributed by atoms with E-state index in [0.29, 0.717) is 5.57 Å². The second-order valence-corrected chi connectivity index (χ2v) is 19.8. The van der Waals surface area contributed by atoms with Gasteiger partial charge in [0.15, 0.2) is 17.7 Å². The molecule has 1 aliphatic heterocycles. The zero-order valence-corrected chi connectivity index (χ0v) is 36.7. The number of phosphoric ester groups is 3. The number of carbonyl (C=O) groups excluding carboxylic acids is 3. The Morgan fingerprint density at radius 1 is 1.03 bits per heavy atom. The molecule has 7 unspecified atom stereocenters. The summed E-state index contributed by atoms with van der Waals surface area (Å²) >= 11 is 0.922. The maximum atomic E-state index is 12.7. The van der Waals surface area contributed by atoms with E-state index in [-0.39, 0.29) is 47.4 Å². The van der Waals surface area contributed by atoms with Gasteiger partial charge in [0.1, 0.15) is 36.3 Å². The van der Waals surface area contributed by atoms with Crippen LogP contribution in [0.4, 0.5) is 5.82 Å². The van der Waals surface area contributed by atoms with Gasteiger partial charge in [-0.25, -0.2) is 33.4 Å². The van der Waals surface area contributed by atoms with Gasteiger partial charge >= 0.3 is 29.4 Å². The number of carboxylic acids is 1. The monoisotopic (exact) mass is 947 g/mol. The van der Waals surface area contributed by atoms with Crippen molar-refractivity contribution in [3.05, 3.63) is 36.5 Å². The summed E-state index contributed by atoms with van der Waals surface area (Å²) in [6.07, 6.45) is -3.27. The summed E-state index contributed by atoms with van der Waals surface area (Å²) in [5, 5.41) is 34.9. The molecular formula is C31H48N7O19P3S. The van der Waals surface area contributed by atoms with Crippen molar-refractivity contribution < 1.29 is 90.4 Å². The molecule has 0 bridgehead atoms. The smallest absolute Gasteiger partial charge is 0.478 e. The van der Waals surface area contributed by atoms with Crippen LogP contribution in [0.25, 0.3) is 11.2 Å². The zero-order valence-electron chi connectivity index (χ0n) is 33.2. The Morgan fingerprint density at radius 3 is 2.33 bits per heavy atom. The number of nitrogens with zero attached hydrogens (tertiary/aromatic N) is 4. The normalized spacial score (nSPS) is 21.5. The highest BCUT2D eigenvalue weighted by Crippen LogP contribution is 2.61. The van der Waals surface area contributed by atoms with E-state index in [2.05, 4.69) is 34.4 Å². The van der Waals surface area contributed by atoms with Gasteiger partial charge in [0.05, 0.1) is 19.5 Å². The maximum absolute atomic E-state index is 12.7. The quantitative estimate of drug-likeness (QED) is 0.0406. The van der Waals surface area contributed by atoms with Gasteiger partial charge in [0.25, 0.3) is 0 Å². The molecule has 26 nitrogen and oxygen atoms in total. The second kappa shape index (κ2) is 21.3. The van der Waals surface area contributed by atoms with Gasteiger partial charge in [-0.3, -0.25) is 32.5 Å². The number of anilines is 1. The highest BCUT2D eigenvalue weighted by molar-refractivity contribution is 8.14. The first-order chi connectivity index (χ1) is 28.0. The second-order valence-electron chi connectivity index (χ2n) is 14.5. The lowest BCUT2D eigenvalue weighted by Gasteiger charge is -2.30. The van der Waals surface area contributed by atoms with Gasteiger partial charge in [-0.2, -0.15) is 4.31 Å². The third-order valence-corrected chi connectivity index (χ3v) is 12.6. The third-order valence-electron chi connectivity index (χ3n) is 8.74. The van der Waals surface area contributed by atoms with Gasteiger partial charge in [-0.15, -0.1) is 0 Å². The number of thioether (sulfide) groups is 1. The van der Waals surface area contributed by atoms with Gasteiger partial charge in [0, 0.05) is 42.2 Å². The Morgan fingerprint density at radius 2 is 1.69 bits per heavy atom. The molecule has 0 radical (unpaired) electrons. The van der Waals surface area contributed by atoms with Crippen molar-refractivity contribution in [3.63, 3.8) is 0 Å². The molecule has 1 saturated heterocycles. The predicted octanol–water partition coefficient (Wildman–Crippen LogP) is 0.278. The van der Waals surface area contributed by atoms with E-state index in [9.17, 15) is 62.7 Å². The van der Waals surface area contributed by atoms with E-state index in [1.54, 1.807) is 20.8 Å². The van der Waals surface area contributed by atoms with E-state index in [1.807, 2.05) is 0 Å². The number of imidazole rings is 1. The van der Waals surface area contributed by atoms with Crippen molar-refractivity contribution in [2.45, 2.75) is 71.7 Å². The minimum atomic E-state index is -5.60. The van der Waals surface area contributed by atoms with Gasteiger partial charge in [-0.1, -0.05) is 51.1 Å². The number of amides is 2. The molecule has 0 saturated carbocycles. The van der Waals surface area contributed by atoms with Crippen LogP contribution in [0.15, 0.2) is 36.5 Å². The molecule has 342 valence electrons. The molecular weight excluding hydrogens is 899 g/mol. The Bertz CT molecular complexity index is 2130. The number of phosphoric acid groups is 3. The first-order valence-electron chi connectivity index (χ1n) is 17.7. The Kier molecular flexibility index (Phi) is 18.1. The van der Waals surface area contributed by atoms with Gasteiger partial charge < -0.3 is 56.0 Å². The number of hydrogen-bond acceptors (Lipinski definition) is 19. The summed E-state index contributed by atoms with van der Waals surface area (Å²) in [6.45, 7) is 5.42. The van der Waals surface area contributed by atoms with Crippen molar-refractivity contribution in [3.8, 4) is 0 Å². The SMILES string of the molecule is C/C(=C\C(=O)SCCNC(=O)CCNC(=O)C(O)C(C)(C)COP(=O)(O)OP(=O)(O)OCC1OC(n2cnc3c(N)ncnc32)C(O)C1OP(=O)(O)O)C(C)(C)/C=C/C(=O)O. The fourth-order valence-electron chi connectivity index (χ4n) is 5.10. The number of aliphatic hydroxyl groups is 2. The van der Waals surface area contributed by atoms with Crippen LogP contribution >= 0.6 is 35.2 Å². The number of ether oxygens (including phenoxy) is 1. The Labute approximate surface area is 351 Å². The highest BCUT2D eigenvalue weighted by atomic mass is 32.2. The average Bonchev–Trinajstić information content (AvgIpc) is 3.70. The standard InChI is InChI=1S/C31H48N7O19P3S/c1-17(30(2,3)8-6-20(40)41)12-21(42)61-11-10-33-19(39)7-9-34-28(45)25(44)31(4,5)14-54-60(51,52)57-59(49,50)53-13-18-24(56-58(46,47)48)23(43)29(55-18)38-16-37-22-26(32)35-15-36-27(22)38/h6,8,12,15-16,18,23-25,29,43-44H,7,9-11,13-14H2,1-5H3,(H,33,39)(H,34,45)(H,40,41)(H,49,50)(H,51,52)(H2,32,35,36)(H2,46,47,48)/b8-6+,17-12+. The van der Waals surface area contributed by atoms with Crippen LogP contribution in [-0.4, -0.2) is 134 Å². The van der Waals surface area contributed by atoms with Gasteiger partial charge in [0.2, 0.25) is 16.9 Å². The van der Waals surface area contributed by atoms with Crippen molar-refractivity contribution in [2.24, 2.45) is 10.8 Å². The molecule has 0 aromatic carbocycles. The summed E-state index contributed by atoms with van der Waals surface area (Å²) in [4.78, 5) is 98.9. The van der Waals surface area contributed by atoms with Crippen LogP contribution in [0.3, 0.4) is 0 Å². The molecule has 0 aliphatic carbocycles. The molecule has 2 amide bonds. The Balaban J connectivity index is 1.46. The largest absolute Gasteiger partial charge is 0.481 e. The van der Waals surface area contributed by atoms with E-state index >= 15 is 0 Å². The summed E-state index contributed by atoms with van der Waals surface area (Å²) in [6, 6.07) is 0. The fourth-order valence-corrected chi connectivity index (χ4v) is 8.59. The van der Waals surface area contributed by atoms with E-state index in [0.717, 1.165) is 35.1 Å². The van der Waals surface area contributed by atoms with Crippen LogP contribution in [0.5, 0.6) is 0 Å². The molecule has 0 spiro atoms. The summed E-state index contributed by atoms with van der Waals surface area (Å²) in [5.74, 6) is -2.47. The number of carbonyl (C=O) groups is 4. The zero-order chi connectivity index (χ0) is 46.1. The number of rotatable bonds is 23. The molecule has 2 aromatic rings. The van der Waals surface area contributed by atoms with Crippen molar-refractivity contribution >= 4 is 75.1 Å². The highest BCUT2D eigenvalue weighted by Gasteiger charge is 2.50. The number of hydrogen-bond donors (Lipinski definition) is 10. The molecule has 3 heterocycles. The number of aromatic nitrogens is 4. The van der Waals surface area contributed by atoms with Crippen LogP contribution in [0.1, 0.15) is 47.3 Å². The van der Waals surface area contributed by atoms with Crippen molar-refractivity contribution in [2.75, 3.05) is 37.8 Å².